The molecule has 0 unspecified atom stereocenters. The predicted octanol–water partition coefficient (Wildman–Crippen LogP) is 4.54. The van der Waals surface area contributed by atoms with E-state index < -0.39 is 0 Å². The number of unbranched alkanes of at least 4 members (excludes halogenated alkanes) is 1. The average molecular weight is 362 g/mol. The molecule has 0 aliphatic rings. The summed E-state index contributed by atoms with van der Waals surface area (Å²) in [7, 11) is 0. The molecule has 1 aromatic heterocycles. The van der Waals surface area contributed by atoms with Crippen molar-refractivity contribution in [1.82, 2.24) is 15.5 Å². The minimum absolute atomic E-state index is 0.204. The van der Waals surface area contributed by atoms with E-state index in [1.807, 2.05) is 54.6 Å². The largest absolute Gasteiger partial charge is 0.457 e. The molecule has 2 aromatic carbocycles. The first-order valence-corrected chi connectivity index (χ1v) is 8.96. The first kappa shape index (κ1) is 18.4. The van der Waals surface area contributed by atoms with E-state index in [1.54, 1.807) is 12.1 Å². The molecule has 0 bridgehead atoms. The number of para-hydroxylation sites is 1. The molecule has 0 aliphatic heterocycles. The second kappa shape index (κ2) is 9.33. The van der Waals surface area contributed by atoms with E-state index in [-0.39, 0.29) is 5.91 Å². The number of nitrogens with zero attached hydrogens (tertiary/aromatic N) is 2. The summed E-state index contributed by atoms with van der Waals surface area (Å²) in [5.74, 6) is 1.90. The summed E-state index contributed by atoms with van der Waals surface area (Å²) >= 11 is 0. The highest BCUT2D eigenvalue weighted by molar-refractivity contribution is 5.92. The topological polar surface area (TPSA) is 76.1 Å². The van der Waals surface area contributed by atoms with Crippen molar-refractivity contribution in [2.75, 3.05) is 11.9 Å². The van der Waals surface area contributed by atoms with E-state index >= 15 is 0 Å². The fourth-order valence-corrected chi connectivity index (χ4v) is 2.37. The summed E-state index contributed by atoms with van der Waals surface area (Å²) in [5.41, 5.74) is 1.16. The average Bonchev–Trinajstić information content (AvgIpc) is 2.71. The van der Waals surface area contributed by atoms with Gasteiger partial charge in [0.1, 0.15) is 11.5 Å². The highest BCUT2D eigenvalue weighted by Gasteiger charge is 2.07. The van der Waals surface area contributed by atoms with E-state index in [4.69, 9.17) is 4.74 Å². The number of hydrogen-bond donors (Lipinski definition) is 2. The lowest BCUT2D eigenvalue weighted by molar-refractivity contribution is 0.0947. The van der Waals surface area contributed by atoms with E-state index in [9.17, 15) is 4.79 Å². The Bertz CT molecular complexity index is 850. The van der Waals surface area contributed by atoms with Crippen molar-refractivity contribution in [3.63, 3.8) is 0 Å². The van der Waals surface area contributed by atoms with Crippen LogP contribution in [0.1, 0.15) is 30.3 Å². The number of amides is 1. The predicted molar refractivity (Wildman–Crippen MR) is 106 cm³/mol. The van der Waals surface area contributed by atoms with Crippen LogP contribution >= 0.6 is 0 Å². The summed E-state index contributed by atoms with van der Waals surface area (Å²) in [6, 6.07) is 20.5. The van der Waals surface area contributed by atoms with Crippen LogP contribution in [-0.2, 0) is 0 Å². The van der Waals surface area contributed by atoms with Gasteiger partial charge in [0.2, 0.25) is 0 Å². The van der Waals surface area contributed by atoms with Crippen molar-refractivity contribution < 1.29 is 9.53 Å². The summed E-state index contributed by atoms with van der Waals surface area (Å²) in [4.78, 5) is 11.9. The third kappa shape index (κ3) is 5.54. The van der Waals surface area contributed by atoms with Gasteiger partial charge in [0.05, 0.1) is 0 Å². The molecule has 0 radical (unpaired) electrons. The molecule has 1 amide bonds. The van der Waals surface area contributed by atoms with Gasteiger partial charge in [-0.3, -0.25) is 4.79 Å². The monoisotopic (exact) mass is 362 g/mol. The number of hydrogen-bond acceptors (Lipinski definition) is 5. The van der Waals surface area contributed by atoms with Crippen LogP contribution in [0.5, 0.6) is 11.5 Å². The minimum Gasteiger partial charge on any atom is -0.457 e. The highest BCUT2D eigenvalue weighted by atomic mass is 16.5. The molecule has 0 fully saturated rings. The number of ether oxygens (including phenoxy) is 1. The Hall–Kier alpha value is -3.41. The first-order chi connectivity index (χ1) is 13.2. The molecule has 6 nitrogen and oxygen atoms in total. The first-order valence-electron chi connectivity index (χ1n) is 8.96. The number of carbonyl (C=O) groups is 1. The van der Waals surface area contributed by atoms with Crippen LogP contribution < -0.4 is 15.4 Å². The molecule has 2 N–H and O–H groups in total. The molecular formula is C21H22N4O2. The Balaban J connectivity index is 1.56. The van der Waals surface area contributed by atoms with Gasteiger partial charge in [-0.05, 0) is 55.0 Å². The molecule has 0 aliphatic carbocycles. The minimum atomic E-state index is -0.204. The quantitative estimate of drug-likeness (QED) is 0.575. The van der Waals surface area contributed by atoms with Crippen LogP contribution in [0, 0.1) is 0 Å². The maximum atomic E-state index is 11.9. The van der Waals surface area contributed by atoms with E-state index in [1.165, 1.54) is 0 Å². The number of carbonyl (C=O) groups excluding carboxylic acids is 1. The Morgan fingerprint density at radius 1 is 0.926 bits per heavy atom. The maximum absolute atomic E-state index is 11.9. The smallest absolute Gasteiger partial charge is 0.271 e. The lowest BCUT2D eigenvalue weighted by atomic mass is 10.3. The molecule has 6 heteroatoms. The molecule has 138 valence electrons. The van der Waals surface area contributed by atoms with Crippen molar-refractivity contribution >= 4 is 17.4 Å². The van der Waals surface area contributed by atoms with Gasteiger partial charge in [0, 0.05) is 12.2 Å². The zero-order valence-corrected chi connectivity index (χ0v) is 15.2. The van der Waals surface area contributed by atoms with Crippen LogP contribution in [0.4, 0.5) is 11.5 Å². The molecule has 0 saturated carbocycles. The van der Waals surface area contributed by atoms with Crippen LogP contribution in [0.25, 0.3) is 0 Å². The Kier molecular flexibility index (Phi) is 6.35. The molecule has 3 rings (SSSR count). The molecule has 3 aromatic rings. The number of nitrogens with one attached hydrogen (secondary N) is 2. The number of aromatic nitrogens is 2. The van der Waals surface area contributed by atoms with Gasteiger partial charge in [-0.2, -0.15) is 0 Å². The van der Waals surface area contributed by atoms with Crippen LogP contribution in [0.15, 0.2) is 66.7 Å². The van der Waals surface area contributed by atoms with Crippen LogP contribution in [0.3, 0.4) is 0 Å². The van der Waals surface area contributed by atoms with Gasteiger partial charge in [-0.15, -0.1) is 10.2 Å². The third-order valence-corrected chi connectivity index (χ3v) is 3.82. The summed E-state index contributed by atoms with van der Waals surface area (Å²) in [5, 5.41) is 14.0. The maximum Gasteiger partial charge on any atom is 0.271 e. The standard InChI is InChI=1S/C21H22N4O2/c1-2-3-15-22-21(26)19-13-14-20(25-24-19)23-16-9-11-18(12-10-16)27-17-7-5-4-6-8-17/h4-14H,2-3,15H2,1H3,(H,22,26)(H,23,25). The molecule has 0 spiro atoms. The van der Waals surface area contributed by atoms with Crippen molar-refractivity contribution in [2.24, 2.45) is 0 Å². The van der Waals surface area contributed by atoms with E-state index in [0.717, 1.165) is 30.0 Å². The summed E-state index contributed by atoms with van der Waals surface area (Å²) in [6.45, 7) is 2.72. The normalized spacial score (nSPS) is 10.3. The second-order valence-electron chi connectivity index (χ2n) is 5.98. The van der Waals surface area contributed by atoms with E-state index in [2.05, 4.69) is 27.8 Å². The molecule has 27 heavy (non-hydrogen) atoms. The molecule has 0 saturated heterocycles. The van der Waals surface area contributed by atoms with Crippen molar-refractivity contribution in [3.05, 3.63) is 72.4 Å². The number of anilines is 2. The van der Waals surface area contributed by atoms with Crippen LogP contribution in [-0.4, -0.2) is 22.6 Å². The van der Waals surface area contributed by atoms with Gasteiger partial charge in [-0.25, -0.2) is 0 Å². The van der Waals surface area contributed by atoms with E-state index in [0.29, 0.717) is 18.1 Å². The number of rotatable bonds is 8. The molecule has 1 heterocycles. The SMILES string of the molecule is CCCCNC(=O)c1ccc(Nc2ccc(Oc3ccccc3)cc2)nn1. The van der Waals surface area contributed by atoms with Crippen LogP contribution in [0.2, 0.25) is 0 Å². The number of benzene rings is 2. The summed E-state index contributed by atoms with van der Waals surface area (Å²) < 4.78 is 5.77. The lowest BCUT2D eigenvalue weighted by Gasteiger charge is -2.08. The highest BCUT2D eigenvalue weighted by Crippen LogP contribution is 2.23. The van der Waals surface area contributed by atoms with Crippen molar-refractivity contribution in [3.8, 4) is 11.5 Å². The Morgan fingerprint density at radius 2 is 1.67 bits per heavy atom. The van der Waals surface area contributed by atoms with Crippen molar-refractivity contribution in [1.29, 1.82) is 0 Å². The van der Waals surface area contributed by atoms with Gasteiger partial charge >= 0.3 is 0 Å². The second-order valence-corrected chi connectivity index (χ2v) is 5.98. The molecular weight excluding hydrogens is 340 g/mol. The fraction of sp³-hybridized carbons (Fsp3) is 0.190. The van der Waals surface area contributed by atoms with Crippen molar-refractivity contribution in [2.45, 2.75) is 19.8 Å². The zero-order valence-electron chi connectivity index (χ0n) is 15.2. The Labute approximate surface area is 158 Å². The lowest BCUT2D eigenvalue weighted by Crippen LogP contribution is -2.25. The van der Waals surface area contributed by atoms with Gasteiger partial charge < -0.3 is 15.4 Å². The third-order valence-electron chi connectivity index (χ3n) is 3.82. The zero-order chi connectivity index (χ0) is 18.9. The summed E-state index contributed by atoms with van der Waals surface area (Å²) in [6.07, 6.45) is 1.98. The Morgan fingerprint density at radius 3 is 2.33 bits per heavy atom. The van der Waals surface area contributed by atoms with Gasteiger partial charge in [0.25, 0.3) is 5.91 Å². The molecule has 0 atom stereocenters. The van der Waals surface area contributed by atoms with Gasteiger partial charge in [0.15, 0.2) is 11.5 Å². The fourth-order valence-electron chi connectivity index (χ4n) is 2.37. The van der Waals surface area contributed by atoms with Gasteiger partial charge in [-0.1, -0.05) is 31.5 Å².